The Kier molecular flexibility index (Phi) is 5.26. The summed E-state index contributed by atoms with van der Waals surface area (Å²) in [6, 6.07) is 6.34. The number of unbranched alkanes of at least 4 members (excludes halogenated alkanes) is 3. The molecule has 0 aliphatic rings. The van der Waals surface area contributed by atoms with Crippen molar-refractivity contribution in [1.82, 2.24) is 9.55 Å². The monoisotopic (exact) mass is 278 g/mol. The first kappa shape index (κ1) is 14.4. The summed E-state index contributed by atoms with van der Waals surface area (Å²) in [5.41, 5.74) is 3.70. The molecule has 0 aliphatic carbocycles. The normalized spacial score (nSPS) is 11.3. The first-order valence-corrected chi connectivity index (χ1v) is 7.82. The lowest BCUT2D eigenvalue weighted by atomic mass is 10.2. The van der Waals surface area contributed by atoms with Crippen molar-refractivity contribution in [3.05, 3.63) is 29.6 Å². The number of hydrogen-bond donors (Lipinski definition) is 0. The molecule has 0 amide bonds. The number of nitrogens with zero attached hydrogens (tertiary/aromatic N) is 2. The van der Waals surface area contributed by atoms with E-state index < -0.39 is 0 Å². The van der Waals surface area contributed by atoms with E-state index >= 15 is 0 Å². The van der Waals surface area contributed by atoms with Gasteiger partial charge in [0.05, 0.1) is 11.0 Å². The quantitative estimate of drug-likeness (QED) is 0.530. The summed E-state index contributed by atoms with van der Waals surface area (Å²) in [4.78, 5) is 4.74. The molecule has 2 nitrogen and oxygen atoms in total. The van der Waals surface area contributed by atoms with Crippen molar-refractivity contribution < 1.29 is 0 Å². The summed E-state index contributed by atoms with van der Waals surface area (Å²) in [6.07, 6.45) is 5.96. The highest BCUT2D eigenvalue weighted by molar-refractivity contribution is 6.17. The third-order valence-electron chi connectivity index (χ3n) is 3.60. The molecule has 1 aromatic carbocycles. The molecule has 0 fully saturated rings. The van der Waals surface area contributed by atoms with Crippen molar-refractivity contribution in [2.24, 2.45) is 0 Å². The highest BCUT2D eigenvalue weighted by atomic mass is 35.5. The van der Waals surface area contributed by atoms with Crippen LogP contribution in [0.25, 0.3) is 11.0 Å². The number of aryl methyl sites for hydroxylation is 3. The van der Waals surface area contributed by atoms with Crippen LogP contribution in [0.2, 0.25) is 0 Å². The summed E-state index contributed by atoms with van der Waals surface area (Å²) in [5, 5.41) is 0. The highest BCUT2D eigenvalue weighted by Gasteiger charge is 2.11. The number of hydrogen-bond acceptors (Lipinski definition) is 1. The van der Waals surface area contributed by atoms with E-state index in [9.17, 15) is 0 Å². The third kappa shape index (κ3) is 3.30. The van der Waals surface area contributed by atoms with Crippen molar-refractivity contribution in [3.8, 4) is 0 Å². The van der Waals surface area contributed by atoms with Gasteiger partial charge in [-0.2, -0.15) is 0 Å². The number of fused-ring (bicyclic) bond motifs is 1. The van der Waals surface area contributed by atoms with Crippen molar-refractivity contribution in [1.29, 1.82) is 0 Å². The van der Waals surface area contributed by atoms with Crippen LogP contribution >= 0.6 is 11.6 Å². The molecule has 0 atom stereocenters. The van der Waals surface area contributed by atoms with Crippen LogP contribution in [0.4, 0.5) is 0 Å². The van der Waals surface area contributed by atoms with Gasteiger partial charge in [0.25, 0.3) is 0 Å². The number of para-hydroxylation sites is 1. The van der Waals surface area contributed by atoms with Gasteiger partial charge in [-0.15, -0.1) is 11.6 Å². The van der Waals surface area contributed by atoms with Crippen molar-refractivity contribution in [2.75, 3.05) is 5.88 Å². The summed E-state index contributed by atoms with van der Waals surface area (Å²) in [6.45, 7) is 5.47. The Labute approximate surface area is 120 Å². The fourth-order valence-corrected chi connectivity index (χ4v) is 2.80. The predicted octanol–water partition coefficient (Wildman–Crippen LogP) is 4.71. The molecule has 0 saturated carbocycles. The van der Waals surface area contributed by atoms with Crippen LogP contribution in [0.5, 0.6) is 0 Å². The Morgan fingerprint density at radius 3 is 2.79 bits per heavy atom. The molecule has 0 aliphatic heterocycles. The minimum absolute atomic E-state index is 0.636. The summed E-state index contributed by atoms with van der Waals surface area (Å²) < 4.78 is 2.38. The van der Waals surface area contributed by atoms with Crippen LogP contribution in [-0.4, -0.2) is 15.4 Å². The number of rotatable bonds is 7. The molecule has 104 valence electrons. The van der Waals surface area contributed by atoms with Gasteiger partial charge in [-0.3, -0.25) is 0 Å². The predicted molar refractivity (Wildman–Crippen MR) is 83.0 cm³/mol. The van der Waals surface area contributed by atoms with Crippen LogP contribution in [0.3, 0.4) is 0 Å². The van der Waals surface area contributed by atoms with E-state index in [1.165, 1.54) is 36.8 Å². The molecule has 0 spiro atoms. The third-order valence-corrected chi connectivity index (χ3v) is 3.79. The molecule has 19 heavy (non-hydrogen) atoms. The lowest BCUT2D eigenvalue weighted by molar-refractivity contribution is 0.576. The number of imidazole rings is 1. The lowest BCUT2D eigenvalue weighted by Crippen LogP contribution is -2.05. The van der Waals surface area contributed by atoms with Crippen molar-refractivity contribution in [3.63, 3.8) is 0 Å². The van der Waals surface area contributed by atoms with Gasteiger partial charge in [0.15, 0.2) is 0 Å². The van der Waals surface area contributed by atoms with Crippen LogP contribution in [0.15, 0.2) is 18.2 Å². The van der Waals surface area contributed by atoms with E-state index in [2.05, 4.69) is 36.6 Å². The van der Waals surface area contributed by atoms with E-state index in [1.54, 1.807) is 0 Å². The second-order valence-electron chi connectivity index (χ2n) is 5.12. The molecular formula is C16H23ClN2. The van der Waals surface area contributed by atoms with Gasteiger partial charge in [0.1, 0.15) is 5.82 Å². The Balaban J connectivity index is 2.28. The molecular weight excluding hydrogens is 256 g/mol. The molecule has 0 unspecified atom stereocenters. The standard InChI is InChI=1S/C16H23ClN2/c1-3-4-5-6-12-19-15(10-11-17)18-14-9-7-8-13(2)16(14)19/h7-9H,3-6,10-12H2,1-2H3. The largest absolute Gasteiger partial charge is 0.328 e. The molecule has 0 radical (unpaired) electrons. The average molecular weight is 279 g/mol. The smallest absolute Gasteiger partial charge is 0.111 e. The van der Waals surface area contributed by atoms with E-state index in [-0.39, 0.29) is 0 Å². The molecule has 0 bridgehead atoms. The zero-order valence-electron chi connectivity index (χ0n) is 12.0. The minimum Gasteiger partial charge on any atom is -0.328 e. The fourth-order valence-electron chi connectivity index (χ4n) is 2.63. The van der Waals surface area contributed by atoms with Crippen LogP contribution < -0.4 is 0 Å². The number of aromatic nitrogens is 2. The molecule has 1 aromatic heterocycles. The topological polar surface area (TPSA) is 17.8 Å². The summed E-state index contributed by atoms with van der Waals surface area (Å²) >= 11 is 5.91. The summed E-state index contributed by atoms with van der Waals surface area (Å²) in [5.74, 6) is 1.77. The highest BCUT2D eigenvalue weighted by Crippen LogP contribution is 2.21. The van der Waals surface area contributed by atoms with E-state index in [0.717, 1.165) is 24.3 Å². The second-order valence-corrected chi connectivity index (χ2v) is 5.50. The Morgan fingerprint density at radius 1 is 1.21 bits per heavy atom. The maximum absolute atomic E-state index is 5.91. The SMILES string of the molecule is CCCCCCn1c(CCCl)nc2cccc(C)c21. The first-order valence-electron chi connectivity index (χ1n) is 7.28. The summed E-state index contributed by atoms with van der Waals surface area (Å²) in [7, 11) is 0. The van der Waals surface area contributed by atoms with E-state index in [4.69, 9.17) is 16.6 Å². The van der Waals surface area contributed by atoms with Crippen LogP contribution in [0.1, 0.15) is 44.0 Å². The molecule has 2 aromatic rings. The molecule has 1 heterocycles. The van der Waals surface area contributed by atoms with Gasteiger partial charge in [-0.05, 0) is 25.0 Å². The van der Waals surface area contributed by atoms with Gasteiger partial charge in [-0.25, -0.2) is 4.98 Å². The van der Waals surface area contributed by atoms with Crippen LogP contribution in [-0.2, 0) is 13.0 Å². The van der Waals surface area contributed by atoms with Gasteiger partial charge >= 0.3 is 0 Å². The average Bonchev–Trinajstić information content (AvgIpc) is 2.74. The second kappa shape index (κ2) is 6.95. The maximum atomic E-state index is 5.91. The van der Waals surface area contributed by atoms with Crippen LogP contribution in [0, 0.1) is 6.92 Å². The number of benzene rings is 1. The Bertz CT molecular complexity index is 531. The van der Waals surface area contributed by atoms with Gasteiger partial charge in [-0.1, -0.05) is 38.3 Å². The fraction of sp³-hybridized carbons (Fsp3) is 0.562. The van der Waals surface area contributed by atoms with Gasteiger partial charge in [0, 0.05) is 18.8 Å². The minimum atomic E-state index is 0.636. The lowest BCUT2D eigenvalue weighted by Gasteiger charge is -2.09. The van der Waals surface area contributed by atoms with Crippen molar-refractivity contribution >= 4 is 22.6 Å². The van der Waals surface area contributed by atoms with E-state index in [0.29, 0.717) is 5.88 Å². The Morgan fingerprint density at radius 2 is 2.05 bits per heavy atom. The maximum Gasteiger partial charge on any atom is 0.111 e. The molecule has 2 rings (SSSR count). The molecule has 0 saturated heterocycles. The number of alkyl halides is 1. The van der Waals surface area contributed by atoms with Gasteiger partial charge in [0.2, 0.25) is 0 Å². The van der Waals surface area contributed by atoms with Crippen molar-refractivity contribution in [2.45, 2.75) is 52.5 Å². The zero-order chi connectivity index (χ0) is 13.7. The Hall–Kier alpha value is -1.02. The number of halogens is 1. The zero-order valence-corrected chi connectivity index (χ0v) is 12.7. The van der Waals surface area contributed by atoms with E-state index in [1.807, 2.05) is 0 Å². The molecule has 3 heteroatoms. The first-order chi connectivity index (χ1) is 9.27. The van der Waals surface area contributed by atoms with Gasteiger partial charge < -0.3 is 4.57 Å². The molecule has 0 N–H and O–H groups in total.